The molecule has 0 aliphatic carbocycles. The molecule has 11 heteroatoms. The van der Waals surface area contributed by atoms with Gasteiger partial charge in [0.05, 0.1) is 17.7 Å². The van der Waals surface area contributed by atoms with Crippen molar-refractivity contribution in [3.05, 3.63) is 76.9 Å². The number of nitrogens with zero attached hydrogens (tertiary/aromatic N) is 1. The van der Waals surface area contributed by atoms with Crippen molar-refractivity contribution in [2.75, 3.05) is 11.9 Å². The van der Waals surface area contributed by atoms with Crippen LogP contribution in [0.25, 0.3) is 0 Å². The largest absolute Gasteiger partial charge is 0.489 e. The van der Waals surface area contributed by atoms with Crippen LogP contribution in [0.2, 0.25) is 0 Å². The highest BCUT2D eigenvalue weighted by Gasteiger charge is 2.37. The molecular formula is C22H15F4N3O4. The Bertz CT molecular complexity index is 1260. The summed E-state index contributed by atoms with van der Waals surface area (Å²) in [6.07, 6.45) is -3.44. The van der Waals surface area contributed by atoms with Crippen LogP contribution in [0.3, 0.4) is 0 Å². The SMILES string of the molecule is NC(=O)c1cc(NC(=O)c2c(Oc3ccc(F)c4c3OCC4)cccc2C(F)(F)F)ccn1. The second kappa shape index (κ2) is 8.41. The number of hydrogen-bond donors (Lipinski definition) is 2. The van der Waals surface area contributed by atoms with Gasteiger partial charge >= 0.3 is 6.18 Å². The molecular weight excluding hydrogens is 446 g/mol. The zero-order chi connectivity index (χ0) is 23.8. The fraction of sp³-hybridized carbons (Fsp3) is 0.136. The topological polar surface area (TPSA) is 104 Å². The number of alkyl halides is 3. The normalized spacial score (nSPS) is 12.6. The van der Waals surface area contributed by atoms with Gasteiger partial charge < -0.3 is 20.5 Å². The van der Waals surface area contributed by atoms with Gasteiger partial charge in [0.25, 0.3) is 11.8 Å². The first-order valence-electron chi connectivity index (χ1n) is 9.54. The van der Waals surface area contributed by atoms with Gasteiger partial charge in [-0.3, -0.25) is 14.6 Å². The molecule has 2 amide bonds. The van der Waals surface area contributed by atoms with E-state index in [9.17, 15) is 27.2 Å². The summed E-state index contributed by atoms with van der Waals surface area (Å²) in [6.45, 7) is 0.187. The van der Waals surface area contributed by atoms with Crippen molar-refractivity contribution in [3.63, 3.8) is 0 Å². The smallest absolute Gasteiger partial charge is 0.417 e. The molecule has 0 atom stereocenters. The maximum Gasteiger partial charge on any atom is 0.417 e. The molecule has 4 rings (SSSR count). The maximum atomic E-state index is 14.0. The monoisotopic (exact) mass is 461 g/mol. The zero-order valence-corrected chi connectivity index (χ0v) is 16.7. The number of hydrogen-bond acceptors (Lipinski definition) is 5. The standard InChI is InChI=1S/C22H15F4N3O4/c23-14-4-5-17(19-12(14)7-9-32-19)33-16-3-1-2-13(22(24,25)26)18(16)21(31)29-11-6-8-28-15(10-11)20(27)30/h1-6,8,10H,7,9H2,(H2,27,30)(H,28,29,31). The molecule has 0 bridgehead atoms. The first-order chi connectivity index (χ1) is 15.6. The number of primary amides is 1. The number of pyridine rings is 1. The van der Waals surface area contributed by atoms with Crippen molar-refractivity contribution < 1.29 is 36.6 Å². The Morgan fingerprint density at radius 1 is 1.12 bits per heavy atom. The van der Waals surface area contributed by atoms with E-state index in [0.717, 1.165) is 24.3 Å². The third-order valence-corrected chi connectivity index (χ3v) is 4.81. The molecule has 1 aliphatic heterocycles. The lowest BCUT2D eigenvalue weighted by Gasteiger charge is -2.18. The summed E-state index contributed by atoms with van der Waals surface area (Å²) in [6, 6.07) is 7.71. The Hall–Kier alpha value is -4.15. The second-order valence-electron chi connectivity index (χ2n) is 6.98. The van der Waals surface area contributed by atoms with Crippen LogP contribution in [0.4, 0.5) is 23.2 Å². The number of halogens is 4. The Morgan fingerprint density at radius 3 is 2.64 bits per heavy atom. The number of amides is 2. The molecule has 33 heavy (non-hydrogen) atoms. The summed E-state index contributed by atoms with van der Waals surface area (Å²) in [5.41, 5.74) is 3.14. The van der Waals surface area contributed by atoms with E-state index in [2.05, 4.69) is 10.3 Å². The molecule has 1 aliphatic rings. The van der Waals surface area contributed by atoms with Crippen LogP contribution >= 0.6 is 0 Å². The fourth-order valence-corrected chi connectivity index (χ4v) is 3.35. The Balaban J connectivity index is 1.76. The summed E-state index contributed by atoms with van der Waals surface area (Å²) >= 11 is 0. The molecule has 3 aromatic rings. The molecule has 7 nitrogen and oxygen atoms in total. The second-order valence-corrected chi connectivity index (χ2v) is 6.98. The Kier molecular flexibility index (Phi) is 5.62. The third kappa shape index (κ3) is 4.43. The minimum Gasteiger partial charge on any atom is -0.489 e. The maximum absolute atomic E-state index is 14.0. The summed E-state index contributed by atoms with van der Waals surface area (Å²) in [7, 11) is 0. The van der Waals surface area contributed by atoms with Crippen LogP contribution in [0.5, 0.6) is 17.2 Å². The average Bonchev–Trinajstić information content (AvgIpc) is 3.26. The van der Waals surface area contributed by atoms with Gasteiger partial charge in [0.15, 0.2) is 11.5 Å². The quantitative estimate of drug-likeness (QED) is 0.551. The first kappa shape index (κ1) is 22.1. The first-order valence-corrected chi connectivity index (χ1v) is 9.54. The highest BCUT2D eigenvalue weighted by Crippen LogP contribution is 2.42. The van der Waals surface area contributed by atoms with Crippen molar-refractivity contribution in [2.45, 2.75) is 12.6 Å². The molecule has 0 spiro atoms. The highest BCUT2D eigenvalue weighted by molar-refractivity contribution is 6.08. The van der Waals surface area contributed by atoms with Crippen LogP contribution in [0, 0.1) is 5.82 Å². The summed E-state index contributed by atoms with van der Waals surface area (Å²) in [4.78, 5) is 28.0. The van der Waals surface area contributed by atoms with Crippen molar-refractivity contribution in [2.24, 2.45) is 5.73 Å². The summed E-state index contributed by atoms with van der Waals surface area (Å²) < 4.78 is 66.2. The molecule has 0 fully saturated rings. The minimum atomic E-state index is -4.89. The van der Waals surface area contributed by atoms with Gasteiger partial charge in [-0.25, -0.2) is 4.39 Å². The molecule has 1 aromatic heterocycles. The third-order valence-electron chi connectivity index (χ3n) is 4.81. The van der Waals surface area contributed by atoms with Gasteiger partial charge in [0, 0.05) is 23.9 Å². The minimum absolute atomic E-state index is 0.00210. The molecule has 0 unspecified atom stereocenters. The zero-order valence-electron chi connectivity index (χ0n) is 16.7. The molecule has 2 heterocycles. The Morgan fingerprint density at radius 2 is 1.91 bits per heavy atom. The number of nitrogens with two attached hydrogens (primary N) is 1. The molecule has 0 radical (unpaired) electrons. The van der Waals surface area contributed by atoms with E-state index in [-0.39, 0.29) is 41.5 Å². The van der Waals surface area contributed by atoms with Gasteiger partial charge in [-0.2, -0.15) is 13.2 Å². The number of aromatic nitrogens is 1. The fourth-order valence-electron chi connectivity index (χ4n) is 3.35. The highest BCUT2D eigenvalue weighted by atomic mass is 19.4. The number of carbonyl (C=O) groups is 2. The van der Waals surface area contributed by atoms with Crippen molar-refractivity contribution in [1.82, 2.24) is 4.98 Å². The summed E-state index contributed by atoms with van der Waals surface area (Å²) in [5.74, 6) is -2.94. The van der Waals surface area contributed by atoms with Gasteiger partial charge in [-0.05, 0) is 36.4 Å². The number of anilines is 1. The number of benzene rings is 2. The molecule has 0 saturated heterocycles. The molecule has 3 N–H and O–H groups in total. The van der Waals surface area contributed by atoms with Crippen LogP contribution in [0.1, 0.15) is 32.0 Å². The van der Waals surface area contributed by atoms with Crippen LogP contribution in [-0.4, -0.2) is 23.4 Å². The number of ether oxygens (including phenoxy) is 2. The van der Waals surface area contributed by atoms with Gasteiger partial charge in [-0.15, -0.1) is 0 Å². The van der Waals surface area contributed by atoms with Gasteiger partial charge in [-0.1, -0.05) is 6.07 Å². The van der Waals surface area contributed by atoms with E-state index in [1.165, 1.54) is 24.4 Å². The van der Waals surface area contributed by atoms with Crippen LogP contribution in [0.15, 0.2) is 48.7 Å². The van der Waals surface area contributed by atoms with E-state index in [4.69, 9.17) is 15.2 Å². The van der Waals surface area contributed by atoms with Gasteiger partial charge in [0.2, 0.25) is 0 Å². The van der Waals surface area contributed by atoms with E-state index in [0.29, 0.717) is 0 Å². The Labute approximate surface area is 184 Å². The van der Waals surface area contributed by atoms with Crippen molar-refractivity contribution >= 4 is 17.5 Å². The lowest BCUT2D eigenvalue weighted by molar-refractivity contribution is -0.138. The van der Waals surface area contributed by atoms with E-state index in [1.54, 1.807) is 0 Å². The predicted octanol–water partition coefficient (Wildman–Crippen LogP) is 4.32. The molecule has 170 valence electrons. The van der Waals surface area contributed by atoms with Crippen LogP contribution < -0.4 is 20.5 Å². The van der Waals surface area contributed by atoms with Gasteiger partial charge in [0.1, 0.15) is 17.3 Å². The van der Waals surface area contributed by atoms with E-state index in [1.807, 2.05) is 0 Å². The van der Waals surface area contributed by atoms with E-state index < -0.39 is 40.7 Å². The van der Waals surface area contributed by atoms with Crippen molar-refractivity contribution in [3.8, 4) is 17.2 Å². The number of rotatable bonds is 5. The number of nitrogens with one attached hydrogen (secondary N) is 1. The average molecular weight is 461 g/mol. The number of carbonyl (C=O) groups excluding carboxylic acids is 2. The predicted molar refractivity (Wildman–Crippen MR) is 108 cm³/mol. The van der Waals surface area contributed by atoms with E-state index >= 15 is 0 Å². The van der Waals surface area contributed by atoms with Crippen molar-refractivity contribution in [1.29, 1.82) is 0 Å². The number of fused-ring (bicyclic) bond motifs is 1. The summed E-state index contributed by atoms with van der Waals surface area (Å²) in [5, 5.41) is 2.30. The lowest BCUT2D eigenvalue weighted by atomic mass is 10.0. The van der Waals surface area contributed by atoms with Crippen LogP contribution in [-0.2, 0) is 12.6 Å². The lowest BCUT2D eigenvalue weighted by Crippen LogP contribution is -2.20. The molecule has 2 aromatic carbocycles. The molecule has 0 saturated carbocycles.